The van der Waals surface area contributed by atoms with Gasteiger partial charge in [-0.25, -0.2) is 13.6 Å². The molecule has 0 aromatic rings. The molecule has 0 fully saturated rings. The van der Waals surface area contributed by atoms with E-state index >= 15 is 0 Å². The Labute approximate surface area is 105 Å². The van der Waals surface area contributed by atoms with E-state index in [2.05, 4.69) is 4.99 Å². The third-order valence-electron chi connectivity index (χ3n) is 1.69. The molecule has 0 amide bonds. The Kier molecular flexibility index (Phi) is 5.05. The zero-order chi connectivity index (χ0) is 15.6. The van der Waals surface area contributed by atoms with Crippen molar-refractivity contribution in [2.45, 2.75) is 38.9 Å². The van der Waals surface area contributed by atoms with Gasteiger partial charge in [-0.3, -0.25) is 4.99 Å². The quantitative estimate of drug-likeness (QED) is 0.475. The van der Waals surface area contributed by atoms with E-state index in [0.717, 1.165) is 0 Å². The SMILES string of the molecule is CC(C)(C)N=C(/C(C(=O)O)=C(\N)C(F)F)C(F)(F)F. The van der Waals surface area contributed by atoms with Crippen LogP contribution in [0.1, 0.15) is 20.8 Å². The number of aliphatic imine (C=N–C) groups is 1. The number of hydrogen-bond acceptors (Lipinski definition) is 3. The molecule has 0 bridgehead atoms. The van der Waals surface area contributed by atoms with E-state index in [4.69, 9.17) is 10.8 Å². The monoisotopic (exact) mass is 288 g/mol. The van der Waals surface area contributed by atoms with E-state index in [1.165, 1.54) is 20.8 Å². The van der Waals surface area contributed by atoms with Gasteiger partial charge in [0.1, 0.15) is 5.57 Å². The third-order valence-corrected chi connectivity index (χ3v) is 1.69. The van der Waals surface area contributed by atoms with Crippen molar-refractivity contribution in [3.8, 4) is 0 Å². The first-order chi connectivity index (χ1) is 8.27. The highest BCUT2D eigenvalue weighted by atomic mass is 19.4. The molecule has 0 aromatic heterocycles. The van der Waals surface area contributed by atoms with E-state index in [1.807, 2.05) is 0 Å². The maximum absolute atomic E-state index is 12.8. The van der Waals surface area contributed by atoms with Gasteiger partial charge in [0, 0.05) is 0 Å². The molecule has 4 nitrogen and oxygen atoms in total. The molecule has 0 unspecified atom stereocenters. The Morgan fingerprint density at radius 3 is 1.84 bits per heavy atom. The van der Waals surface area contributed by atoms with Gasteiger partial charge in [0.2, 0.25) is 0 Å². The minimum Gasteiger partial charge on any atom is -0.478 e. The summed E-state index contributed by atoms with van der Waals surface area (Å²) < 4.78 is 63.0. The lowest BCUT2D eigenvalue weighted by Crippen LogP contribution is -2.34. The number of nitrogens with two attached hydrogens (primary N) is 1. The van der Waals surface area contributed by atoms with Crippen molar-refractivity contribution < 1.29 is 31.9 Å². The van der Waals surface area contributed by atoms with Crippen molar-refractivity contribution in [1.82, 2.24) is 0 Å². The highest BCUT2D eigenvalue weighted by Crippen LogP contribution is 2.27. The Bertz CT molecular complexity index is 419. The molecule has 0 saturated heterocycles. The largest absolute Gasteiger partial charge is 0.478 e. The molecule has 0 aliphatic rings. The second kappa shape index (κ2) is 5.54. The van der Waals surface area contributed by atoms with Crippen LogP contribution < -0.4 is 5.73 Å². The fourth-order valence-electron chi connectivity index (χ4n) is 1.07. The van der Waals surface area contributed by atoms with Crippen molar-refractivity contribution in [2.75, 3.05) is 0 Å². The maximum Gasteiger partial charge on any atom is 0.433 e. The molecule has 0 aromatic carbocycles. The molecule has 0 atom stereocenters. The number of carbonyl (C=O) groups is 1. The molecule has 0 rings (SSSR count). The van der Waals surface area contributed by atoms with Gasteiger partial charge in [-0.1, -0.05) is 0 Å². The highest BCUT2D eigenvalue weighted by Gasteiger charge is 2.43. The van der Waals surface area contributed by atoms with Crippen LogP contribution >= 0.6 is 0 Å². The smallest absolute Gasteiger partial charge is 0.433 e. The van der Waals surface area contributed by atoms with Crippen molar-refractivity contribution >= 4 is 11.7 Å². The summed E-state index contributed by atoms with van der Waals surface area (Å²) in [4.78, 5) is 13.9. The Balaban J connectivity index is 6.21. The number of nitrogens with zero attached hydrogens (tertiary/aromatic N) is 1. The molecule has 0 radical (unpaired) electrons. The number of halogens is 5. The van der Waals surface area contributed by atoms with Gasteiger partial charge in [-0.15, -0.1) is 0 Å². The molecule has 0 aliphatic carbocycles. The summed E-state index contributed by atoms with van der Waals surface area (Å²) in [5, 5.41) is 8.67. The van der Waals surface area contributed by atoms with Crippen LogP contribution in [-0.4, -0.2) is 34.9 Å². The molecule has 0 spiro atoms. The summed E-state index contributed by atoms with van der Waals surface area (Å²) in [7, 11) is 0. The third kappa shape index (κ3) is 5.23. The summed E-state index contributed by atoms with van der Waals surface area (Å²) in [6, 6.07) is 0. The van der Waals surface area contributed by atoms with E-state index in [1.54, 1.807) is 0 Å². The number of hydrogen-bond donors (Lipinski definition) is 2. The molecule has 0 aliphatic heterocycles. The van der Waals surface area contributed by atoms with Crippen LogP contribution in [0.4, 0.5) is 22.0 Å². The van der Waals surface area contributed by atoms with Crippen LogP contribution in [0.3, 0.4) is 0 Å². The fourth-order valence-corrected chi connectivity index (χ4v) is 1.07. The number of aliphatic carboxylic acids is 1. The molecule has 19 heavy (non-hydrogen) atoms. The molecular formula is C10H13F5N2O2. The van der Waals surface area contributed by atoms with E-state index in [0.29, 0.717) is 0 Å². The predicted octanol–water partition coefficient (Wildman–Crippen LogP) is 2.35. The zero-order valence-electron chi connectivity index (χ0n) is 10.3. The van der Waals surface area contributed by atoms with Gasteiger partial charge in [-0.2, -0.15) is 13.2 Å². The van der Waals surface area contributed by atoms with E-state index in [-0.39, 0.29) is 0 Å². The second-order valence-electron chi connectivity index (χ2n) is 4.57. The molecule has 9 heteroatoms. The first kappa shape index (κ1) is 17.3. The van der Waals surface area contributed by atoms with Crippen LogP contribution in [0.2, 0.25) is 0 Å². The van der Waals surface area contributed by atoms with Crippen molar-refractivity contribution in [3.05, 3.63) is 11.3 Å². The Hall–Kier alpha value is -1.67. The van der Waals surface area contributed by atoms with Crippen LogP contribution in [0.15, 0.2) is 16.3 Å². The molecule has 3 N–H and O–H groups in total. The van der Waals surface area contributed by atoms with Gasteiger partial charge in [0.25, 0.3) is 6.43 Å². The Morgan fingerprint density at radius 1 is 1.21 bits per heavy atom. The Morgan fingerprint density at radius 2 is 1.63 bits per heavy atom. The van der Waals surface area contributed by atoms with E-state index in [9.17, 15) is 26.7 Å². The number of rotatable bonds is 3. The number of alkyl halides is 5. The van der Waals surface area contributed by atoms with Gasteiger partial charge in [0.05, 0.1) is 11.2 Å². The van der Waals surface area contributed by atoms with Crippen molar-refractivity contribution in [2.24, 2.45) is 10.7 Å². The molecule has 110 valence electrons. The van der Waals surface area contributed by atoms with Crippen molar-refractivity contribution in [3.63, 3.8) is 0 Å². The minimum absolute atomic E-state index is 1.26. The lowest BCUT2D eigenvalue weighted by atomic mass is 10.0. The molecule has 0 saturated carbocycles. The van der Waals surface area contributed by atoms with Gasteiger partial charge < -0.3 is 10.8 Å². The standard InChI is InChI=1S/C10H13F5N2O2/c1-9(2,3)17-6(10(13,14)15)4(8(18)19)5(16)7(11)12/h7H,16H2,1-3H3,(H,18,19)/b5-4+,17-6?. The second-order valence-corrected chi connectivity index (χ2v) is 4.57. The first-order valence-corrected chi connectivity index (χ1v) is 4.96. The van der Waals surface area contributed by atoms with Gasteiger partial charge in [-0.05, 0) is 20.8 Å². The number of allylic oxidation sites excluding steroid dienone is 1. The van der Waals surface area contributed by atoms with E-state index < -0.39 is 41.1 Å². The zero-order valence-corrected chi connectivity index (χ0v) is 10.3. The van der Waals surface area contributed by atoms with Crippen LogP contribution in [0.5, 0.6) is 0 Å². The topological polar surface area (TPSA) is 75.7 Å². The summed E-state index contributed by atoms with van der Waals surface area (Å²) in [5.41, 5.74) is -1.89. The van der Waals surface area contributed by atoms with Gasteiger partial charge in [0.15, 0.2) is 5.71 Å². The molecule has 0 heterocycles. The lowest BCUT2D eigenvalue weighted by Gasteiger charge is -2.19. The lowest BCUT2D eigenvalue weighted by molar-refractivity contribution is -0.132. The molecular weight excluding hydrogens is 275 g/mol. The summed E-state index contributed by atoms with van der Waals surface area (Å²) in [6.45, 7) is 3.78. The van der Waals surface area contributed by atoms with Crippen LogP contribution in [0, 0.1) is 0 Å². The average Bonchev–Trinajstić information content (AvgIpc) is 2.12. The average molecular weight is 288 g/mol. The normalized spacial score (nSPS) is 15.5. The van der Waals surface area contributed by atoms with Crippen LogP contribution in [0.25, 0.3) is 0 Å². The van der Waals surface area contributed by atoms with Crippen molar-refractivity contribution in [1.29, 1.82) is 0 Å². The van der Waals surface area contributed by atoms with Gasteiger partial charge >= 0.3 is 12.1 Å². The van der Waals surface area contributed by atoms with Crippen LogP contribution in [-0.2, 0) is 4.79 Å². The number of carboxylic acid groups (broad SMARTS) is 1. The minimum atomic E-state index is -5.21. The number of carboxylic acids is 1. The summed E-state index contributed by atoms with van der Waals surface area (Å²) in [6.07, 6.45) is -8.74. The highest BCUT2D eigenvalue weighted by molar-refractivity contribution is 6.22. The predicted molar refractivity (Wildman–Crippen MR) is 58.1 cm³/mol. The summed E-state index contributed by atoms with van der Waals surface area (Å²) in [5.74, 6) is -2.21. The first-order valence-electron chi connectivity index (χ1n) is 4.96. The fraction of sp³-hybridized carbons (Fsp3) is 0.600. The maximum atomic E-state index is 12.8. The summed E-state index contributed by atoms with van der Waals surface area (Å²) >= 11 is 0.